The van der Waals surface area contributed by atoms with E-state index in [1.54, 1.807) is 29.9 Å². The van der Waals surface area contributed by atoms with Gasteiger partial charge in [-0.2, -0.15) is 16.4 Å². The standard InChI is InChI=1S/C25H19N7OS/c1-2-22(33)29-17-7-15(10-26-12-17)16-8-20-23(31-32-25(20)28-11-16)21-9-19-18(14-4-6-34-13-14)3-5-27-24(19)30-21/h3-13H,2H2,1H3,(H,27,30)(H,29,33)(H,28,31,32). The summed E-state index contributed by atoms with van der Waals surface area (Å²) in [6.07, 6.45) is 7.38. The molecule has 9 heteroatoms. The molecule has 34 heavy (non-hydrogen) atoms. The Kier molecular flexibility index (Phi) is 4.88. The molecule has 6 heterocycles. The van der Waals surface area contributed by atoms with Gasteiger partial charge in [-0.3, -0.25) is 14.9 Å². The maximum absolute atomic E-state index is 11.8. The summed E-state index contributed by atoms with van der Waals surface area (Å²) in [5, 5.41) is 16.5. The van der Waals surface area contributed by atoms with Gasteiger partial charge in [0.25, 0.3) is 0 Å². The van der Waals surface area contributed by atoms with Crippen molar-refractivity contribution in [1.29, 1.82) is 0 Å². The highest BCUT2D eigenvalue weighted by Gasteiger charge is 2.16. The van der Waals surface area contributed by atoms with Crippen molar-refractivity contribution in [2.24, 2.45) is 0 Å². The van der Waals surface area contributed by atoms with Crippen LogP contribution >= 0.6 is 11.3 Å². The van der Waals surface area contributed by atoms with Gasteiger partial charge >= 0.3 is 0 Å². The SMILES string of the molecule is CCC(=O)Nc1cncc(-c2cnc3[nH]nc(-c4cc5c(-c6ccsc6)ccnc5[nH]4)c3c2)c1. The van der Waals surface area contributed by atoms with Crippen LogP contribution in [-0.4, -0.2) is 36.0 Å². The molecular formula is C25H19N7OS. The lowest BCUT2D eigenvalue weighted by molar-refractivity contribution is -0.115. The van der Waals surface area contributed by atoms with Crippen LogP contribution in [0.5, 0.6) is 0 Å². The molecule has 0 fully saturated rings. The summed E-state index contributed by atoms with van der Waals surface area (Å²) in [7, 11) is 0. The molecule has 166 valence electrons. The van der Waals surface area contributed by atoms with Crippen LogP contribution in [0.25, 0.3) is 55.7 Å². The summed E-state index contributed by atoms with van der Waals surface area (Å²) < 4.78 is 0. The maximum Gasteiger partial charge on any atom is 0.224 e. The van der Waals surface area contributed by atoms with Gasteiger partial charge in [-0.25, -0.2) is 9.97 Å². The topological polar surface area (TPSA) is 112 Å². The predicted octanol–water partition coefficient (Wildman–Crippen LogP) is 5.64. The number of hydrogen-bond acceptors (Lipinski definition) is 6. The zero-order valence-corrected chi connectivity index (χ0v) is 19.0. The van der Waals surface area contributed by atoms with Gasteiger partial charge in [0.05, 0.1) is 17.6 Å². The average Bonchev–Trinajstić information content (AvgIpc) is 3.62. The molecule has 8 nitrogen and oxygen atoms in total. The number of hydrogen-bond donors (Lipinski definition) is 3. The Bertz CT molecular complexity index is 1650. The van der Waals surface area contributed by atoms with E-state index in [9.17, 15) is 4.79 Å². The number of anilines is 1. The summed E-state index contributed by atoms with van der Waals surface area (Å²) in [6.45, 7) is 1.81. The largest absolute Gasteiger partial charge is 0.338 e. The fourth-order valence-corrected chi connectivity index (χ4v) is 4.66. The van der Waals surface area contributed by atoms with Gasteiger partial charge in [0.1, 0.15) is 11.3 Å². The van der Waals surface area contributed by atoms with E-state index < -0.39 is 0 Å². The first-order valence-corrected chi connectivity index (χ1v) is 11.7. The Hall–Kier alpha value is -4.37. The van der Waals surface area contributed by atoms with Crippen LogP contribution in [0, 0.1) is 0 Å². The predicted molar refractivity (Wildman–Crippen MR) is 134 cm³/mol. The Morgan fingerprint density at radius 1 is 1.00 bits per heavy atom. The number of nitrogens with zero attached hydrogens (tertiary/aromatic N) is 4. The van der Waals surface area contributed by atoms with E-state index in [4.69, 9.17) is 0 Å². The molecule has 0 aromatic carbocycles. The van der Waals surface area contributed by atoms with E-state index in [1.165, 1.54) is 5.56 Å². The van der Waals surface area contributed by atoms with Gasteiger partial charge in [0, 0.05) is 46.9 Å². The zero-order valence-electron chi connectivity index (χ0n) is 18.2. The first kappa shape index (κ1) is 20.3. The molecule has 3 N–H and O–H groups in total. The Labute approximate surface area is 198 Å². The van der Waals surface area contributed by atoms with E-state index in [0.717, 1.165) is 44.5 Å². The molecule has 0 aliphatic rings. The number of amides is 1. The molecule has 0 unspecified atom stereocenters. The number of fused-ring (bicyclic) bond motifs is 2. The molecular weight excluding hydrogens is 446 g/mol. The molecule has 0 saturated heterocycles. The minimum Gasteiger partial charge on any atom is -0.338 e. The number of nitrogens with one attached hydrogen (secondary N) is 3. The van der Waals surface area contributed by atoms with E-state index in [1.807, 2.05) is 31.3 Å². The summed E-state index contributed by atoms with van der Waals surface area (Å²) in [5.74, 6) is -0.0566. The second kappa shape index (κ2) is 8.20. The Morgan fingerprint density at radius 2 is 1.91 bits per heavy atom. The molecule has 0 radical (unpaired) electrons. The van der Waals surface area contributed by atoms with Crippen LogP contribution in [0.3, 0.4) is 0 Å². The third-order valence-electron chi connectivity index (χ3n) is 5.71. The van der Waals surface area contributed by atoms with Crippen molar-refractivity contribution in [2.45, 2.75) is 13.3 Å². The lowest BCUT2D eigenvalue weighted by atomic mass is 10.1. The van der Waals surface area contributed by atoms with Gasteiger partial charge < -0.3 is 10.3 Å². The lowest BCUT2D eigenvalue weighted by Crippen LogP contribution is -2.09. The number of H-pyrrole nitrogens is 2. The van der Waals surface area contributed by atoms with Crippen molar-refractivity contribution in [2.75, 3.05) is 5.32 Å². The molecule has 1 amide bonds. The van der Waals surface area contributed by atoms with Crippen molar-refractivity contribution in [3.63, 3.8) is 0 Å². The van der Waals surface area contributed by atoms with Crippen LogP contribution in [0.2, 0.25) is 0 Å². The van der Waals surface area contributed by atoms with Crippen LogP contribution in [0.15, 0.2) is 65.9 Å². The number of rotatable bonds is 5. The number of thiophene rings is 1. The fourth-order valence-electron chi connectivity index (χ4n) is 4.01. The minimum atomic E-state index is -0.0566. The lowest BCUT2D eigenvalue weighted by Gasteiger charge is -2.06. The first-order valence-electron chi connectivity index (χ1n) is 10.8. The van der Waals surface area contributed by atoms with Crippen LogP contribution < -0.4 is 5.32 Å². The summed E-state index contributed by atoms with van der Waals surface area (Å²) in [6, 6.07) is 10.1. The van der Waals surface area contributed by atoms with Gasteiger partial charge in [-0.05, 0) is 52.2 Å². The normalized spacial score (nSPS) is 11.3. The third kappa shape index (κ3) is 3.52. The third-order valence-corrected chi connectivity index (χ3v) is 6.40. The zero-order chi connectivity index (χ0) is 23.1. The number of aromatic nitrogens is 6. The highest BCUT2D eigenvalue weighted by molar-refractivity contribution is 7.08. The van der Waals surface area contributed by atoms with Crippen molar-refractivity contribution < 1.29 is 4.79 Å². The maximum atomic E-state index is 11.8. The number of carbonyl (C=O) groups is 1. The van der Waals surface area contributed by atoms with E-state index in [-0.39, 0.29) is 5.91 Å². The molecule has 0 atom stereocenters. The van der Waals surface area contributed by atoms with Gasteiger partial charge in [0.2, 0.25) is 5.91 Å². The Balaban J connectivity index is 1.43. The second-order valence-corrected chi connectivity index (χ2v) is 8.65. The smallest absolute Gasteiger partial charge is 0.224 e. The van der Waals surface area contributed by atoms with E-state index >= 15 is 0 Å². The highest BCUT2D eigenvalue weighted by atomic mass is 32.1. The molecule has 6 aromatic rings. The van der Waals surface area contributed by atoms with Crippen LogP contribution in [-0.2, 0) is 4.79 Å². The summed E-state index contributed by atoms with van der Waals surface area (Å²) >= 11 is 1.67. The molecule has 6 aromatic heterocycles. The minimum absolute atomic E-state index is 0.0566. The first-order chi connectivity index (χ1) is 16.7. The molecule has 0 aliphatic heterocycles. The summed E-state index contributed by atoms with van der Waals surface area (Å²) in [4.78, 5) is 28.5. The van der Waals surface area contributed by atoms with Crippen molar-refractivity contribution in [3.05, 3.63) is 65.9 Å². The highest BCUT2D eigenvalue weighted by Crippen LogP contribution is 2.34. The van der Waals surface area contributed by atoms with Crippen LogP contribution in [0.1, 0.15) is 13.3 Å². The molecule has 0 saturated carbocycles. The second-order valence-electron chi connectivity index (χ2n) is 7.87. The van der Waals surface area contributed by atoms with Gasteiger partial charge in [-0.15, -0.1) is 0 Å². The number of carbonyl (C=O) groups excluding carboxylic acids is 1. The van der Waals surface area contributed by atoms with Crippen molar-refractivity contribution in [3.8, 4) is 33.6 Å². The average molecular weight is 466 g/mol. The van der Waals surface area contributed by atoms with Crippen molar-refractivity contribution >= 4 is 45.0 Å². The van der Waals surface area contributed by atoms with E-state index in [2.05, 4.69) is 58.3 Å². The quantitative estimate of drug-likeness (QED) is 0.305. The fraction of sp³-hybridized carbons (Fsp3) is 0.0800. The monoisotopic (exact) mass is 465 g/mol. The van der Waals surface area contributed by atoms with Crippen molar-refractivity contribution in [1.82, 2.24) is 30.1 Å². The molecule has 0 aliphatic carbocycles. The Morgan fingerprint density at radius 3 is 2.76 bits per heavy atom. The van der Waals surface area contributed by atoms with Gasteiger partial charge in [-0.1, -0.05) is 6.92 Å². The molecule has 0 spiro atoms. The number of pyridine rings is 3. The summed E-state index contributed by atoms with van der Waals surface area (Å²) in [5.41, 5.74) is 7.80. The number of aromatic amines is 2. The van der Waals surface area contributed by atoms with Gasteiger partial charge in [0.15, 0.2) is 5.65 Å². The molecule has 6 rings (SSSR count). The van der Waals surface area contributed by atoms with Crippen LogP contribution in [0.4, 0.5) is 5.69 Å². The van der Waals surface area contributed by atoms with E-state index in [0.29, 0.717) is 17.8 Å². The molecule has 0 bridgehead atoms.